The number of carbonyl (C=O) groups is 2. The minimum atomic E-state index is -0.288. The van der Waals surface area contributed by atoms with Crippen LogP contribution in [0.3, 0.4) is 0 Å². The van der Waals surface area contributed by atoms with Gasteiger partial charge in [0.15, 0.2) is 0 Å². The van der Waals surface area contributed by atoms with Crippen molar-refractivity contribution in [3.8, 4) is 0 Å². The Hall–Kier alpha value is -1.10. The highest BCUT2D eigenvalue weighted by Crippen LogP contribution is 2.17. The minimum absolute atomic E-state index is 0.0596. The van der Waals surface area contributed by atoms with Crippen molar-refractivity contribution in [2.24, 2.45) is 0 Å². The first-order chi connectivity index (χ1) is 8.13. The van der Waals surface area contributed by atoms with E-state index >= 15 is 0 Å². The lowest BCUT2D eigenvalue weighted by Gasteiger charge is -2.17. The summed E-state index contributed by atoms with van der Waals surface area (Å²) in [5.74, 6) is -0.229. The van der Waals surface area contributed by atoms with Crippen LogP contribution in [-0.2, 0) is 19.1 Å². The van der Waals surface area contributed by atoms with E-state index in [1.165, 1.54) is 7.11 Å². The number of hydrogen-bond donors (Lipinski definition) is 0. The highest BCUT2D eigenvalue weighted by molar-refractivity contribution is 5.77. The molecule has 1 rings (SSSR count). The Labute approximate surface area is 102 Å². The fraction of sp³-hybridized carbons (Fsp3) is 0.833. The molecule has 0 radical (unpaired) electrons. The normalized spacial score (nSPS) is 19.1. The predicted octanol–water partition coefficient (Wildman–Crippen LogP) is 0.967. The fourth-order valence-corrected chi connectivity index (χ4v) is 1.83. The zero-order chi connectivity index (χ0) is 12.7. The molecule has 1 atom stereocenters. The molecule has 0 N–H and O–H groups in total. The third-order valence-electron chi connectivity index (χ3n) is 3.01. The second kappa shape index (κ2) is 7.27. The Morgan fingerprint density at radius 1 is 1.41 bits per heavy atom. The summed E-state index contributed by atoms with van der Waals surface area (Å²) in [6.45, 7) is 1.23. The lowest BCUT2D eigenvalue weighted by atomic mass is 10.1. The summed E-state index contributed by atoms with van der Waals surface area (Å²) in [6.07, 6.45) is 3.91. The van der Waals surface area contributed by atoms with Gasteiger partial charge in [-0.25, -0.2) is 0 Å². The second-order valence-electron chi connectivity index (χ2n) is 4.32. The number of esters is 1. The molecule has 0 aromatic heterocycles. The van der Waals surface area contributed by atoms with Gasteiger partial charge in [-0.15, -0.1) is 0 Å². The molecule has 0 spiro atoms. The van der Waals surface area contributed by atoms with Crippen LogP contribution >= 0.6 is 0 Å². The minimum Gasteiger partial charge on any atom is -0.469 e. The average molecular weight is 243 g/mol. The Balaban J connectivity index is 2.14. The summed E-state index contributed by atoms with van der Waals surface area (Å²) in [6, 6.07) is 0. The molecule has 0 aromatic carbocycles. The van der Waals surface area contributed by atoms with Crippen LogP contribution in [0.25, 0.3) is 0 Å². The smallest absolute Gasteiger partial charge is 0.307 e. The standard InChI is InChI=1S/C12H21NO4/c1-13(8-7-12(15)16-2)11(14)6-5-10-4-3-9-17-10/h10H,3-9H2,1-2H3. The Morgan fingerprint density at radius 2 is 2.18 bits per heavy atom. The van der Waals surface area contributed by atoms with Crippen molar-refractivity contribution in [1.29, 1.82) is 0 Å². The van der Waals surface area contributed by atoms with Crippen LogP contribution in [0.2, 0.25) is 0 Å². The molecule has 1 fully saturated rings. The summed E-state index contributed by atoms with van der Waals surface area (Å²) < 4.78 is 9.98. The lowest BCUT2D eigenvalue weighted by molar-refractivity contribution is -0.141. The van der Waals surface area contributed by atoms with E-state index < -0.39 is 0 Å². The summed E-state index contributed by atoms with van der Waals surface area (Å²) in [5, 5.41) is 0. The van der Waals surface area contributed by atoms with E-state index in [4.69, 9.17) is 4.74 Å². The van der Waals surface area contributed by atoms with Crippen LogP contribution < -0.4 is 0 Å². The van der Waals surface area contributed by atoms with Gasteiger partial charge in [-0.05, 0) is 19.3 Å². The SMILES string of the molecule is COC(=O)CCN(C)C(=O)CCC1CCCO1. The monoisotopic (exact) mass is 243 g/mol. The van der Waals surface area contributed by atoms with E-state index in [-0.39, 0.29) is 24.4 Å². The highest BCUT2D eigenvalue weighted by Gasteiger charge is 2.18. The van der Waals surface area contributed by atoms with Crippen molar-refractivity contribution in [1.82, 2.24) is 4.90 Å². The van der Waals surface area contributed by atoms with E-state index in [0.29, 0.717) is 13.0 Å². The quantitative estimate of drug-likeness (QED) is 0.652. The number of carbonyl (C=O) groups excluding carboxylic acids is 2. The molecule has 1 saturated heterocycles. The van der Waals surface area contributed by atoms with Gasteiger partial charge in [0.25, 0.3) is 0 Å². The molecule has 5 heteroatoms. The third kappa shape index (κ3) is 5.17. The van der Waals surface area contributed by atoms with Gasteiger partial charge in [0.2, 0.25) is 5.91 Å². The number of ether oxygens (including phenoxy) is 2. The lowest BCUT2D eigenvalue weighted by Crippen LogP contribution is -2.29. The maximum absolute atomic E-state index is 11.7. The van der Waals surface area contributed by atoms with Crippen molar-refractivity contribution in [3.63, 3.8) is 0 Å². The molecule has 98 valence electrons. The van der Waals surface area contributed by atoms with Gasteiger partial charge in [0, 0.05) is 26.6 Å². The maximum Gasteiger partial charge on any atom is 0.307 e. The summed E-state index contributed by atoms with van der Waals surface area (Å²) in [5.41, 5.74) is 0. The summed E-state index contributed by atoms with van der Waals surface area (Å²) >= 11 is 0. The van der Waals surface area contributed by atoms with Gasteiger partial charge < -0.3 is 14.4 Å². The molecule has 0 bridgehead atoms. The number of methoxy groups -OCH3 is 1. The molecule has 1 amide bonds. The van der Waals surface area contributed by atoms with Crippen molar-refractivity contribution < 1.29 is 19.1 Å². The first kappa shape index (κ1) is 14.0. The zero-order valence-electron chi connectivity index (χ0n) is 10.6. The van der Waals surface area contributed by atoms with E-state index in [1.54, 1.807) is 11.9 Å². The molecule has 0 aliphatic carbocycles. The maximum atomic E-state index is 11.7. The number of hydrogen-bond acceptors (Lipinski definition) is 4. The van der Waals surface area contributed by atoms with Crippen LogP contribution in [0, 0.1) is 0 Å². The Bertz CT molecular complexity index is 261. The van der Waals surface area contributed by atoms with E-state index in [2.05, 4.69) is 4.74 Å². The largest absolute Gasteiger partial charge is 0.469 e. The molecule has 0 saturated carbocycles. The van der Waals surface area contributed by atoms with Gasteiger partial charge in [-0.3, -0.25) is 9.59 Å². The Kier molecular flexibility index (Phi) is 5.97. The fourth-order valence-electron chi connectivity index (χ4n) is 1.83. The molecular weight excluding hydrogens is 222 g/mol. The highest BCUT2D eigenvalue weighted by atomic mass is 16.5. The zero-order valence-corrected chi connectivity index (χ0v) is 10.6. The van der Waals surface area contributed by atoms with Crippen LogP contribution in [-0.4, -0.2) is 50.2 Å². The molecule has 17 heavy (non-hydrogen) atoms. The van der Waals surface area contributed by atoms with Gasteiger partial charge >= 0.3 is 5.97 Å². The molecule has 1 heterocycles. The third-order valence-corrected chi connectivity index (χ3v) is 3.01. The van der Waals surface area contributed by atoms with Crippen LogP contribution in [0.15, 0.2) is 0 Å². The van der Waals surface area contributed by atoms with Crippen LogP contribution in [0.4, 0.5) is 0 Å². The molecule has 1 aliphatic heterocycles. The number of nitrogens with zero attached hydrogens (tertiary/aromatic N) is 1. The van der Waals surface area contributed by atoms with Gasteiger partial charge in [0.05, 0.1) is 19.6 Å². The summed E-state index contributed by atoms with van der Waals surface area (Å²) in [7, 11) is 3.06. The van der Waals surface area contributed by atoms with E-state index in [9.17, 15) is 9.59 Å². The van der Waals surface area contributed by atoms with Crippen molar-refractivity contribution >= 4 is 11.9 Å². The second-order valence-corrected chi connectivity index (χ2v) is 4.32. The van der Waals surface area contributed by atoms with Crippen molar-refractivity contribution in [2.75, 3.05) is 27.3 Å². The topological polar surface area (TPSA) is 55.8 Å². The van der Waals surface area contributed by atoms with E-state index in [0.717, 1.165) is 25.9 Å². The number of amides is 1. The van der Waals surface area contributed by atoms with E-state index in [1.807, 2.05) is 0 Å². The average Bonchev–Trinajstić information content (AvgIpc) is 2.85. The van der Waals surface area contributed by atoms with Crippen LogP contribution in [0.1, 0.15) is 32.1 Å². The Morgan fingerprint density at radius 3 is 2.76 bits per heavy atom. The van der Waals surface area contributed by atoms with Crippen molar-refractivity contribution in [3.05, 3.63) is 0 Å². The first-order valence-electron chi connectivity index (χ1n) is 6.06. The molecule has 1 aliphatic rings. The number of rotatable bonds is 6. The molecule has 1 unspecified atom stereocenters. The first-order valence-corrected chi connectivity index (χ1v) is 6.06. The molecule has 0 aromatic rings. The molecule has 5 nitrogen and oxygen atoms in total. The van der Waals surface area contributed by atoms with Gasteiger partial charge in [0.1, 0.15) is 0 Å². The van der Waals surface area contributed by atoms with Crippen LogP contribution in [0.5, 0.6) is 0 Å². The van der Waals surface area contributed by atoms with Gasteiger partial charge in [-0.1, -0.05) is 0 Å². The molecular formula is C12H21NO4. The predicted molar refractivity (Wildman–Crippen MR) is 62.5 cm³/mol. The van der Waals surface area contributed by atoms with Gasteiger partial charge in [-0.2, -0.15) is 0 Å². The van der Waals surface area contributed by atoms with Crippen molar-refractivity contribution in [2.45, 2.75) is 38.2 Å². The summed E-state index contributed by atoms with van der Waals surface area (Å²) in [4.78, 5) is 24.2.